The van der Waals surface area contributed by atoms with E-state index >= 15 is 0 Å². The molecule has 0 spiro atoms. The number of ether oxygens (including phenoxy) is 2. The Hall–Kier alpha value is -2.60. The molecule has 0 radical (unpaired) electrons. The Morgan fingerprint density at radius 2 is 1.58 bits per heavy atom. The maximum absolute atomic E-state index is 12.4. The molecule has 0 saturated heterocycles. The Balaban J connectivity index is 1.85. The van der Waals surface area contributed by atoms with Crippen LogP contribution in [0.2, 0.25) is 0 Å². The Morgan fingerprint density at radius 3 is 2.21 bits per heavy atom. The van der Waals surface area contributed by atoms with Crippen molar-refractivity contribution in [2.75, 3.05) is 6.61 Å². The summed E-state index contributed by atoms with van der Waals surface area (Å²) in [7, 11) is 0. The molecular weight excluding hydrogens is 440 g/mol. The smallest absolute Gasteiger partial charge is 0.329 e. The minimum atomic E-state index is -0.700. The van der Waals surface area contributed by atoms with E-state index in [1.54, 1.807) is 48.5 Å². The fourth-order valence-corrected chi connectivity index (χ4v) is 3.32. The van der Waals surface area contributed by atoms with Crippen molar-refractivity contribution in [1.29, 1.82) is 0 Å². The molecule has 6 nitrogen and oxygen atoms in total. The highest BCUT2D eigenvalue weighted by molar-refractivity contribution is 6.30. The molecule has 0 unspecified atom stereocenters. The normalized spacial score (nSPS) is 13.4. The van der Waals surface area contributed by atoms with Gasteiger partial charge in [0.2, 0.25) is 5.69 Å². The van der Waals surface area contributed by atoms with Crippen molar-refractivity contribution in [2.45, 2.75) is 71.1 Å². The van der Waals surface area contributed by atoms with Crippen molar-refractivity contribution < 1.29 is 19.1 Å². The molecule has 0 saturated carbocycles. The van der Waals surface area contributed by atoms with Crippen LogP contribution < -0.4 is 9.47 Å². The van der Waals surface area contributed by atoms with Crippen molar-refractivity contribution in [3.8, 4) is 11.5 Å². The molecule has 2 atom stereocenters. The van der Waals surface area contributed by atoms with Crippen LogP contribution in [0.3, 0.4) is 0 Å². The third-order valence-electron chi connectivity index (χ3n) is 5.45. The highest BCUT2D eigenvalue weighted by Crippen LogP contribution is 2.24. The second-order valence-electron chi connectivity index (χ2n) is 8.19. The first kappa shape index (κ1) is 26.7. The van der Waals surface area contributed by atoms with Crippen LogP contribution in [0.5, 0.6) is 11.5 Å². The van der Waals surface area contributed by atoms with Crippen molar-refractivity contribution in [1.82, 2.24) is 0 Å². The Labute approximate surface area is 202 Å². The minimum Gasteiger partial charge on any atom is -0.594 e. The van der Waals surface area contributed by atoms with Crippen LogP contribution in [0, 0.1) is 11.1 Å². The second-order valence-corrected chi connectivity index (χ2v) is 8.66. The van der Waals surface area contributed by atoms with E-state index in [-0.39, 0.29) is 5.92 Å². The zero-order valence-corrected chi connectivity index (χ0v) is 20.6. The lowest BCUT2D eigenvalue weighted by Crippen LogP contribution is -2.26. The van der Waals surface area contributed by atoms with Crippen LogP contribution in [0.25, 0.3) is 0 Å². The van der Waals surface area contributed by atoms with Gasteiger partial charge in [-0.15, -0.1) is 11.6 Å². The van der Waals surface area contributed by atoms with E-state index in [2.05, 4.69) is 12.0 Å². The number of benzene rings is 2. The van der Waals surface area contributed by atoms with E-state index in [1.807, 2.05) is 13.8 Å². The molecule has 0 N–H and O–H groups in total. The van der Waals surface area contributed by atoms with Crippen molar-refractivity contribution in [2.24, 2.45) is 11.0 Å². The predicted octanol–water partition coefficient (Wildman–Crippen LogP) is 7.91. The molecular formula is C26H35ClN2O4. The van der Waals surface area contributed by atoms with Crippen LogP contribution in [0.15, 0.2) is 53.6 Å². The molecule has 33 heavy (non-hydrogen) atoms. The zero-order valence-electron chi connectivity index (χ0n) is 19.8. The van der Waals surface area contributed by atoms with Gasteiger partial charge in [0.1, 0.15) is 22.6 Å². The zero-order chi connectivity index (χ0) is 24.1. The molecule has 7 heteroatoms. The van der Waals surface area contributed by atoms with E-state index in [0.717, 1.165) is 18.6 Å². The van der Waals surface area contributed by atoms with Crippen molar-refractivity contribution >= 4 is 28.9 Å². The summed E-state index contributed by atoms with van der Waals surface area (Å²) in [6.45, 7) is 6.76. The molecule has 0 aromatic heterocycles. The molecule has 2 rings (SSSR count). The first-order valence-electron chi connectivity index (χ1n) is 11.8. The van der Waals surface area contributed by atoms with Gasteiger partial charge in [-0.05, 0) is 48.7 Å². The minimum absolute atomic E-state index is 0.0230. The highest BCUT2D eigenvalue weighted by atomic mass is 35.5. The molecule has 2 aromatic carbocycles. The lowest BCUT2D eigenvalue weighted by atomic mass is 10.1. The number of nitrogens with zero attached hydrogens (tertiary/aromatic N) is 2. The third-order valence-corrected chi connectivity index (χ3v) is 6.06. The van der Waals surface area contributed by atoms with Crippen LogP contribution in [-0.4, -0.2) is 22.8 Å². The van der Waals surface area contributed by atoms with Crippen molar-refractivity contribution in [3.63, 3.8) is 0 Å². The van der Waals surface area contributed by atoms with Gasteiger partial charge in [-0.2, -0.15) is 0 Å². The van der Waals surface area contributed by atoms with E-state index in [0.29, 0.717) is 28.6 Å². The fraction of sp³-hybridized carbons (Fsp3) is 0.500. The lowest BCUT2D eigenvalue weighted by molar-refractivity contribution is -0.435. The summed E-state index contributed by atoms with van der Waals surface area (Å²) in [5.74, 6) is 0.633. The predicted molar refractivity (Wildman–Crippen MR) is 132 cm³/mol. The molecule has 0 amide bonds. The summed E-state index contributed by atoms with van der Waals surface area (Å²) in [6.07, 6.45) is 8.07. The van der Waals surface area contributed by atoms with Gasteiger partial charge in [-0.1, -0.05) is 64.2 Å². The van der Waals surface area contributed by atoms with Crippen molar-refractivity contribution in [3.05, 3.63) is 53.7 Å². The Morgan fingerprint density at radius 1 is 0.970 bits per heavy atom. The number of esters is 1. The van der Waals surface area contributed by atoms with E-state index < -0.39 is 11.3 Å². The van der Waals surface area contributed by atoms with Gasteiger partial charge in [-0.25, -0.2) is 0 Å². The molecule has 180 valence electrons. The van der Waals surface area contributed by atoms with Gasteiger partial charge in [0.05, 0.1) is 6.61 Å². The number of carbonyl (C=O) groups excluding carboxylic acids is 1. The summed E-state index contributed by atoms with van der Waals surface area (Å²) in [6, 6.07) is 13.3. The number of rotatable bonds is 14. The number of hydrogen-bond acceptors (Lipinski definition) is 5. The molecule has 0 heterocycles. The first-order valence-corrected chi connectivity index (χ1v) is 12.3. The molecule has 0 aliphatic heterocycles. The summed E-state index contributed by atoms with van der Waals surface area (Å²) in [5, 5.41) is 15.7. The molecule has 0 fully saturated rings. The van der Waals surface area contributed by atoms with Crippen LogP contribution in [0.1, 0.15) is 65.7 Å². The SMILES string of the molecule is CCCCCCCCOc1ccc([N+]([O-])=Nc2ccc(OC(=O)[C@@H](Cl)[C@@H](C)CC)cc2)cc1. The number of unbranched alkanes of at least 4 members (excludes halogenated alkanes) is 5. The van der Waals surface area contributed by atoms with E-state index in [9.17, 15) is 10.0 Å². The summed E-state index contributed by atoms with van der Waals surface area (Å²) < 4.78 is 11.1. The van der Waals surface area contributed by atoms with E-state index in [1.165, 1.54) is 32.1 Å². The number of alkyl halides is 1. The second kappa shape index (κ2) is 14.5. The lowest BCUT2D eigenvalue weighted by Gasteiger charge is -2.14. The quantitative estimate of drug-likeness (QED) is 0.0530. The summed E-state index contributed by atoms with van der Waals surface area (Å²) >= 11 is 6.12. The van der Waals surface area contributed by atoms with Gasteiger partial charge < -0.3 is 14.7 Å². The molecule has 2 aromatic rings. The number of carbonyl (C=O) groups is 1. The first-order chi connectivity index (χ1) is 15.9. The number of halogens is 1. The maximum atomic E-state index is 12.4. The average molecular weight is 475 g/mol. The average Bonchev–Trinajstić information content (AvgIpc) is 2.84. The Kier molecular flexibility index (Phi) is 11.7. The third kappa shape index (κ3) is 9.42. The van der Waals surface area contributed by atoms with E-state index in [4.69, 9.17) is 21.1 Å². The van der Waals surface area contributed by atoms with Crippen LogP contribution >= 0.6 is 11.6 Å². The number of azo groups is 1. The fourth-order valence-electron chi connectivity index (χ4n) is 3.10. The summed E-state index contributed by atoms with van der Waals surface area (Å²) in [4.78, 5) is 12.6. The molecule has 0 aliphatic carbocycles. The van der Waals surface area contributed by atoms with Crippen LogP contribution in [-0.2, 0) is 4.79 Å². The molecule has 0 bridgehead atoms. The van der Waals surface area contributed by atoms with Gasteiger partial charge >= 0.3 is 5.97 Å². The standard InChI is InChI=1S/C26H35ClN2O4/c1-4-6-7-8-9-10-19-32-23-17-13-22(14-18-23)29(31)28-21-11-15-24(16-12-21)33-26(30)25(27)20(3)5-2/h11-18,20,25H,4-10,19H2,1-3H3/t20-,25-/m0/s1. The Bertz CT molecular complexity index is 869. The van der Waals surface area contributed by atoms with Gasteiger partial charge in [0.15, 0.2) is 0 Å². The number of hydrogen-bond donors (Lipinski definition) is 0. The highest BCUT2D eigenvalue weighted by Gasteiger charge is 2.23. The largest absolute Gasteiger partial charge is 0.594 e. The monoisotopic (exact) mass is 474 g/mol. The van der Waals surface area contributed by atoms with Gasteiger partial charge in [0.25, 0.3) is 0 Å². The summed E-state index contributed by atoms with van der Waals surface area (Å²) in [5.41, 5.74) is 0.841. The van der Waals surface area contributed by atoms with Gasteiger partial charge in [0, 0.05) is 17.2 Å². The maximum Gasteiger partial charge on any atom is 0.329 e. The topological polar surface area (TPSA) is 74.0 Å². The van der Waals surface area contributed by atoms with Gasteiger partial charge in [-0.3, -0.25) is 4.79 Å². The van der Waals surface area contributed by atoms with Crippen LogP contribution in [0.4, 0.5) is 11.4 Å². The molecule has 0 aliphatic rings.